The molecule has 2 rings (SSSR count). The lowest BCUT2D eigenvalue weighted by molar-refractivity contribution is 0.297. The summed E-state index contributed by atoms with van der Waals surface area (Å²) in [7, 11) is 0. The summed E-state index contributed by atoms with van der Waals surface area (Å²) in [6.45, 7) is 4.48. The van der Waals surface area contributed by atoms with Crippen LogP contribution < -0.4 is 15.2 Å². The lowest BCUT2D eigenvalue weighted by Crippen LogP contribution is -2.02. The molecule has 0 amide bonds. The van der Waals surface area contributed by atoms with Gasteiger partial charge in [-0.05, 0) is 43.0 Å². The van der Waals surface area contributed by atoms with Crippen molar-refractivity contribution in [3.05, 3.63) is 23.8 Å². The van der Waals surface area contributed by atoms with Gasteiger partial charge in [0.15, 0.2) is 11.5 Å². The predicted molar refractivity (Wildman–Crippen MR) is 68.8 cm³/mol. The first kappa shape index (κ1) is 12.2. The van der Waals surface area contributed by atoms with Crippen molar-refractivity contribution in [3.8, 4) is 11.5 Å². The molecule has 3 heteroatoms. The van der Waals surface area contributed by atoms with Crippen molar-refractivity contribution in [2.45, 2.75) is 32.1 Å². The topological polar surface area (TPSA) is 44.5 Å². The molecule has 0 fully saturated rings. The number of benzene rings is 1. The molecule has 0 radical (unpaired) electrons. The molecule has 3 nitrogen and oxygen atoms in total. The second-order valence-corrected chi connectivity index (χ2v) is 4.59. The van der Waals surface area contributed by atoms with Crippen LogP contribution in [0, 0.1) is 0 Å². The molecule has 1 atom stereocenters. The number of hydrogen-bond donors (Lipinski definition) is 1. The monoisotopic (exact) mass is 235 g/mol. The molecule has 2 N–H and O–H groups in total. The van der Waals surface area contributed by atoms with Gasteiger partial charge in [-0.25, -0.2) is 0 Å². The molecule has 0 aromatic heterocycles. The maximum absolute atomic E-state index is 5.69. The van der Waals surface area contributed by atoms with Crippen LogP contribution >= 0.6 is 0 Å². The van der Waals surface area contributed by atoms with E-state index in [1.165, 1.54) is 5.56 Å². The summed E-state index contributed by atoms with van der Waals surface area (Å²) in [4.78, 5) is 0. The van der Waals surface area contributed by atoms with Crippen molar-refractivity contribution in [1.29, 1.82) is 0 Å². The second-order valence-electron chi connectivity index (χ2n) is 4.59. The lowest BCUT2D eigenvalue weighted by atomic mass is 9.96. The van der Waals surface area contributed by atoms with E-state index in [4.69, 9.17) is 15.2 Å². The highest BCUT2D eigenvalue weighted by atomic mass is 16.5. The summed E-state index contributed by atoms with van der Waals surface area (Å²) in [5.74, 6) is 2.28. The molecule has 1 unspecified atom stereocenters. The quantitative estimate of drug-likeness (QED) is 0.872. The zero-order valence-corrected chi connectivity index (χ0v) is 10.4. The number of nitrogens with two attached hydrogens (primary N) is 1. The molecule has 17 heavy (non-hydrogen) atoms. The Labute approximate surface area is 103 Å². The molecule has 1 aliphatic heterocycles. The zero-order chi connectivity index (χ0) is 12.1. The highest BCUT2D eigenvalue weighted by molar-refractivity contribution is 5.44. The Bertz CT molecular complexity index is 365. The molecule has 1 aromatic carbocycles. The summed E-state index contributed by atoms with van der Waals surface area (Å²) in [6.07, 6.45) is 3.14. The van der Waals surface area contributed by atoms with Crippen LogP contribution in [-0.4, -0.2) is 19.8 Å². The lowest BCUT2D eigenvalue weighted by Gasteiger charge is -2.14. The van der Waals surface area contributed by atoms with Gasteiger partial charge in [0.2, 0.25) is 0 Å². The van der Waals surface area contributed by atoms with Crippen molar-refractivity contribution in [2.75, 3.05) is 19.8 Å². The molecular weight excluding hydrogens is 214 g/mol. The molecule has 0 bridgehead atoms. The third-order valence-electron chi connectivity index (χ3n) is 3.18. The first-order chi connectivity index (χ1) is 8.31. The van der Waals surface area contributed by atoms with Crippen LogP contribution in [0.1, 0.15) is 37.7 Å². The van der Waals surface area contributed by atoms with Crippen LogP contribution in [0.5, 0.6) is 11.5 Å². The van der Waals surface area contributed by atoms with Crippen LogP contribution in [0.4, 0.5) is 0 Å². The molecule has 1 heterocycles. The Morgan fingerprint density at radius 1 is 1.24 bits per heavy atom. The van der Waals surface area contributed by atoms with Gasteiger partial charge >= 0.3 is 0 Å². The van der Waals surface area contributed by atoms with E-state index >= 15 is 0 Å². The normalized spacial score (nSPS) is 16.4. The van der Waals surface area contributed by atoms with Gasteiger partial charge in [-0.1, -0.05) is 13.0 Å². The minimum atomic E-state index is 0.524. The van der Waals surface area contributed by atoms with Gasteiger partial charge in [-0.3, -0.25) is 0 Å². The molecule has 0 saturated heterocycles. The Morgan fingerprint density at radius 2 is 2.00 bits per heavy atom. The largest absolute Gasteiger partial charge is 0.490 e. The molecule has 0 saturated carbocycles. The second kappa shape index (κ2) is 5.92. The van der Waals surface area contributed by atoms with Crippen LogP contribution in [0.25, 0.3) is 0 Å². The molecule has 1 aromatic rings. The fourth-order valence-electron chi connectivity index (χ4n) is 2.08. The maximum atomic E-state index is 5.69. The molecule has 1 aliphatic rings. The van der Waals surface area contributed by atoms with E-state index in [2.05, 4.69) is 19.1 Å². The summed E-state index contributed by atoms with van der Waals surface area (Å²) < 4.78 is 11.3. The van der Waals surface area contributed by atoms with E-state index in [0.717, 1.165) is 50.5 Å². The fourth-order valence-corrected chi connectivity index (χ4v) is 2.08. The van der Waals surface area contributed by atoms with E-state index in [1.807, 2.05) is 6.07 Å². The van der Waals surface area contributed by atoms with Crippen LogP contribution in [0.3, 0.4) is 0 Å². The molecule has 94 valence electrons. The Morgan fingerprint density at radius 3 is 2.76 bits per heavy atom. The van der Waals surface area contributed by atoms with Crippen molar-refractivity contribution >= 4 is 0 Å². The number of rotatable bonds is 4. The van der Waals surface area contributed by atoms with Gasteiger partial charge in [0.05, 0.1) is 13.2 Å². The van der Waals surface area contributed by atoms with E-state index in [0.29, 0.717) is 5.92 Å². The summed E-state index contributed by atoms with van der Waals surface area (Å²) in [6, 6.07) is 6.27. The van der Waals surface area contributed by atoms with Gasteiger partial charge < -0.3 is 15.2 Å². The predicted octanol–water partition coefficient (Wildman–Crippen LogP) is 2.69. The standard InChI is InChI=1S/C14H21NO2/c1-11(4-2-7-15)12-5-6-13-14(10-12)17-9-3-8-16-13/h5-6,10-11H,2-4,7-9,15H2,1H3. The van der Waals surface area contributed by atoms with Crippen LogP contribution in [0.15, 0.2) is 18.2 Å². The highest BCUT2D eigenvalue weighted by Crippen LogP contribution is 2.33. The summed E-state index contributed by atoms with van der Waals surface area (Å²) >= 11 is 0. The highest BCUT2D eigenvalue weighted by Gasteiger charge is 2.13. The SMILES string of the molecule is CC(CCCN)c1ccc2c(c1)OCCCO2. The van der Waals surface area contributed by atoms with Gasteiger partial charge in [-0.15, -0.1) is 0 Å². The van der Waals surface area contributed by atoms with Crippen molar-refractivity contribution in [3.63, 3.8) is 0 Å². The zero-order valence-electron chi connectivity index (χ0n) is 10.4. The van der Waals surface area contributed by atoms with E-state index in [-0.39, 0.29) is 0 Å². The number of fused-ring (bicyclic) bond motifs is 1. The van der Waals surface area contributed by atoms with E-state index < -0.39 is 0 Å². The maximum Gasteiger partial charge on any atom is 0.161 e. The Hall–Kier alpha value is -1.22. The molecular formula is C14H21NO2. The minimum absolute atomic E-state index is 0.524. The smallest absolute Gasteiger partial charge is 0.161 e. The van der Waals surface area contributed by atoms with E-state index in [1.54, 1.807) is 0 Å². The van der Waals surface area contributed by atoms with Crippen LogP contribution in [0.2, 0.25) is 0 Å². The Kier molecular flexibility index (Phi) is 4.26. The average Bonchev–Trinajstić information content (AvgIpc) is 2.60. The van der Waals surface area contributed by atoms with Crippen LogP contribution in [-0.2, 0) is 0 Å². The summed E-state index contributed by atoms with van der Waals surface area (Å²) in [5, 5.41) is 0. The Balaban J connectivity index is 2.11. The van der Waals surface area contributed by atoms with Crippen molar-refractivity contribution in [2.24, 2.45) is 5.73 Å². The number of ether oxygens (including phenoxy) is 2. The number of hydrogen-bond acceptors (Lipinski definition) is 3. The van der Waals surface area contributed by atoms with Crippen molar-refractivity contribution in [1.82, 2.24) is 0 Å². The first-order valence-electron chi connectivity index (χ1n) is 6.41. The van der Waals surface area contributed by atoms with Gasteiger partial charge in [0.1, 0.15) is 0 Å². The third-order valence-corrected chi connectivity index (χ3v) is 3.18. The van der Waals surface area contributed by atoms with Gasteiger partial charge in [0.25, 0.3) is 0 Å². The van der Waals surface area contributed by atoms with Gasteiger partial charge in [0, 0.05) is 6.42 Å². The molecule has 0 spiro atoms. The fraction of sp³-hybridized carbons (Fsp3) is 0.571. The first-order valence-corrected chi connectivity index (χ1v) is 6.41. The summed E-state index contributed by atoms with van der Waals surface area (Å²) in [5.41, 5.74) is 6.85. The third kappa shape index (κ3) is 3.13. The minimum Gasteiger partial charge on any atom is -0.490 e. The van der Waals surface area contributed by atoms with E-state index in [9.17, 15) is 0 Å². The average molecular weight is 235 g/mol. The van der Waals surface area contributed by atoms with Gasteiger partial charge in [-0.2, -0.15) is 0 Å². The molecule has 0 aliphatic carbocycles. The van der Waals surface area contributed by atoms with Crippen molar-refractivity contribution < 1.29 is 9.47 Å².